The number of hydroxylamine groups is 1. The molecule has 27 heavy (non-hydrogen) atoms. The van der Waals surface area contributed by atoms with Crippen molar-refractivity contribution >= 4 is 16.9 Å². The number of fused-ring (bicyclic) bond motifs is 7. The third kappa shape index (κ3) is 2.45. The van der Waals surface area contributed by atoms with Crippen LogP contribution in [0.2, 0.25) is 0 Å². The Hall–Kier alpha value is -0.580. The number of allylic oxidation sites excluding steroid dienone is 4. The standard InChI is InChI=1S/C23H31NO2S/c25-22(27-16-5-3-6-16)23-15(13-24-26-23)12-20-19-9-8-14-4-1-2-7-17(14)18(19)10-11-21(20)23/h8-9,15-18,20-21,24H,1-7,10-13H2. The first-order valence-electron chi connectivity index (χ1n) is 11.3. The van der Waals surface area contributed by atoms with Gasteiger partial charge in [0.15, 0.2) is 5.60 Å². The third-order valence-electron chi connectivity index (χ3n) is 8.72. The monoisotopic (exact) mass is 385 g/mol. The van der Waals surface area contributed by atoms with Crippen molar-refractivity contribution in [2.24, 2.45) is 29.6 Å². The molecular formula is C23H31NO2S. The van der Waals surface area contributed by atoms with E-state index >= 15 is 0 Å². The van der Waals surface area contributed by atoms with Gasteiger partial charge in [-0.1, -0.05) is 47.9 Å². The van der Waals surface area contributed by atoms with E-state index in [1.165, 1.54) is 57.8 Å². The van der Waals surface area contributed by atoms with Crippen LogP contribution in [0.3, 0.4) is 0 Å². The summed E-state index contributed by atoms with van der Waals surface area (Å²) in [7, 11) is 0. The molecule has 5 fully saturated rings. The molecule has 0 bridgehead atoms. The van der Waals surface area contributed by atoms with E-state index in [2.05, 4.69) is 17.6 Å². The Bertz CT molecular complexity index is 711. The van der Waals surface area contributed by atoms with Gasteiger partial charge in [-0.05, 0) is 69.1 Å². The molecular weight excluding hydrogens is 354 g/mol. The molecule has 6 atom stereocenters. The Labute approximate surface area is 166 Å². The second-order valence-electron chi connectivity index (χ2n) is 9.79. The summed E-state index contributed by atoms with van der Waals surface area (Å²) < 4.78 is 0. The van der Waals surface area contributed by atoms with Crippen molar-refractivity contribution in [3.8, 4) is 0 Å². The fraction of sp³-hybridized carbons (Fsp3) is 0.783. The molecule has 4 heteroatoms. The highest BCUT2D eigenvalue weighted by molar-refractivity contribution is 8.14. The quantitative estimate of drug-likeness (QED) is 0.742. The van der Waals surface area contributed by atoms with Crippen LogP contribution in [0.4, 0.5) is 0 Å². The van der Waals surface area contributed by atoms with Crippen molar-refractivity contribution in [2.45, 2.75) is 75.1 Å². The molecule has 1 heterocycles. The molecule has 0 aromatic rings. The van der Waals surface area contributed by atoms with Crippen LogP contribution in [0.25, 0.3) is 0 Å². The molecule has 4 saturated carbocycles. The number of carbonyl (C=O) groups is 1. The molecule has 1 saturated heterocycles. The van der Waals surface area contributed by atoms with E-state index in [4.69, 9.17) is 4.84 Å². The highest BCUT2D eigenvalue weighted by atomic mass is 32.2. The predicted molar refractivity (Wildman–Crippen MR) is 108 cm³/mol. The molecule has 0 radical (unpaired) electrons. The fourth-order valence-corrected chi connectivity index (χ4v) is 8.61. The van der Waals surface area contributed by atoms with Crippen LogP contribution < -0.4 is 5.48 Å². The Kier molecular flexibility index (Phi) is 4.14. The van der Waals surface area contributed by atoms with Gasteiger partial charge in [-0.15, -0.1) is 0 Å². The summed E-state index contributed by atoms with van der Waals surface area (Å²) in [6.07, 6.45) is 17.7. The minimum Gasteiger partial charge on any atom is -0.286 e. The minimum absolute atomic E-state index is 0.346. The first kappa shape index (κ1) is 17.3. The fourth-order valence-electron chi connectivity index (χ4n) is 7.19. The van der Waals surface area contributed by atoms with Gasteiger partial charge in [0.05, 0.1) is 0 Å². The SMILES string of the molecule is O=C(SC1CCC1)C12ONCC1CC1C3=CC=C4CCCCC4C3CCC12. The lowest BCUT2D eigenvalue weighted by Crippen LogP contribution is -2.49. The van der Waals surface area contributed by atoms with E-state index in [0.717, 1.165) is 24.8 Å². The zero-order chi connectivity index (χ0) is 18.0. The lowest BCUT2D eigenvalue weighted by Gasteiger charge is -2.46. The highest BCUT2D eigenvalue weighted by Crippen LogP contribution is 2.61. The Morgan fingerprint density at radius 1 is 1.04 bits per heavy atom. The van der Waals surface area contributed by atoms with E-state index in [1.54, 1.807) is 22.9 Å². The largest absolute Gasteiger partial charge is 0.286 e. The molecule has 6 rings (SSSR count). The molecule has 146 valence electrons. The first-order valence-corrected chi connectivity index (χ1v) is 12.2. The second kappa shape index (κ2) is 6.47. The van der Waals surface area contributed by atoms with Crippen LogP contribution in [0.5, 0.6) is 0 Å². The number of hydrogen-bond donors (Lipinski definition) is 1. The maximum Gasteiger partial charge on any atom is 0.223 e. The average Bonchev–Trinajstić information content (AvgIpc) is 3.21. The van der Waals surface area contributed by atoms with Crippen molar-refractivity contribution in [3.63, 3.8) is 0 Å². The summed E-state index contributed by atoms with van der Waals surface area (Å²) in [6, 6.07) is 0. The molecule has 0 amide bonds. The van der Waals surface area contributed by atoms with Crippen molar-refractivity contribution in [3.05, 3.63) is 23.3 Å². The zero-order valence-corrected chi connectivity index (χ0v) is 16.9. The normalized spacial score (nSPS) is 45.7. The lowest BCUT2D eigenvalue weighted by molar-refractivity contribution is -0.147. The average molecular weight is 386 g/mol. The van der Waals surface area contributed by atoms with Crippen LogP contribution in [-0.4, -0.2) is 22.5 Å². The van der Waals surface area contributed by atoms with Gasteiger partial charge in [0.2, 0.25) is 5.12 Å². The Balaban J connectivity index is 1.32. The van der Waals surface area contributed by atoms with Gasteiger partial charge < -0.3 is 0 Å². The zero-order valence-electron chi connectivity index (χ0n) is 16.1. The van der Waals surface area contributed by atoms with Gasteiger partial charge in [0, 0.05) is 23.6 Å². The molecule has 3 nitrogen and oxygen atoms in total. The third-order valence-corrected chi connectivity index (χ3v) is 10.1. The first-order chi connectivity index (χ1) is 13.3. The van der Waals surface area contributed by atoms with Crippen LogP contribution in [-0.2, 0) is 9.63 Å². The van der Waals surface area contributed by atoms with Crippen LogP contribution >= 0.6 is 11.8 Å². The van der Waals surface area contributed by atoms with E-state index in [1.807, 2.05) is 0 Å². The summed E-state index contributed by atoms with van der Waals surface area (Å²) in [4.78, 5) is 19.7. The lowest BCUT2D eigenvalue weighted by atomic mass is 9.60. The summed E-state index contributed by atoms with van der Waals surface area (Å²) in [6.45, 7) is 0.854. The number of nitrogens with one attached hydrogen (secondary N) is 1. The van der Waals surface area contributed by atoms with E-state index < -0.39 is 5.60 Å². The van der Waals surface area contributed by atoms with Gasteiger partial charge in [-0.25, -0.2) is 5.48 Å². The number of rotatable bonds is 2. The maximum absolute atomic E-state index is 13.5. The van der Waals surface area contributed by atoms with Gasteiger partial charge in [-0.3, -0.25) is 9.63 Å². The summed E-state index contributed by atoms with van der Waals surface area (Å²) >= 11 is 1.62. The number of thioether (sulfide) groups is 1. The highest BCUT2D eigenvalue weighted by Gasteiger charge is 2.65. The van der Waals surface area contributed by atoms with Gasteiger partial charge >= 0.3 is 0 Å². The predicted octanol–water partition coefficient (Wildman–Crippen LogP) is 4.79. The number of carbonyl (C=O) groups excluding carboxylic acids is 1. The summed E-state index contributed by atoms with van der Waals surface area (Å²) in [5, 5.41) is 0.896. The molecule has 1 aliphatic heterocycles. The van der Waals surface area contributed by atoms with Crippen LogP contribution in [0.15, 0.2) is 23.3 Å². The van der Waals surface area contributed by atoms with Gasteiger partial charge in [0.1, 0.15) is 0 Å². The van der Waals surface area contributed by atoms with Gasteiger partial charge in [-0.2, -0.15) is 0 Å². The molecule has 0 aromatic carbocycles. The Morgan fingerprint density at radius 3 is 2.81 bits per heavy atom. The van der Waals surface area contributed by atoms with Gasteiger partial charge in [0.25, 0.3) is 0 Å². The van der Waals surface area contributed by atoms with Crippen LogP contribution in [0.1, 0.15) is 64.2 Å². The maximum atomic E-state index is 13.5. The molecule has 0 aromatic heterocycles. The molecule has 0 spiro atoms. The van der Waals surface area contributed by atoms with E-state index in [9.17, 15) is 4.79 Å². The topological polar surface area (TPSA) is 38.3 Å². The molecule has 1 N–H and O–H groups in total. The van der Waals surface area contributed by atoms with Crippen molar-refractivity contribution in [2.75, 3.05) is 6.54 Å². The summed E-state index contributed by atoms with van der Waals surface area (Å²) in [5.41, 5.74) is 5.99. The molecule has 6 aliphatic rings. The number of hydrogen-bond acceptors (Lipinski definition) is 4. The van der Waals surface area contributed by atoms with Crippen molar-refractivity contribution < 1.29 is 9.63 Å². The Morgan fingerprint density at radius 2 is 1.96 bits per heavy atom. The van der Waals surface area contributed by atoms with E-state index in [-0.39, 0.29) is 0 Å². The van der Waals surface area contributed by atoms with Crippen molar-refractivity contribution in [1.29, 1.82) is 0 Å². The smallest absolute Gasteiger partial charge is 0.223 e. The van der Waals surface area contributed by atoms with Crippen molar-refractivity contribution in [1.82, 2.24) is 5.48 Å². The van der Waals surface area contributed by atoms with Crippen LogP contribution in [0, 0.1) is 29.6 Å². The summed E-state index contributed by atoms with van der Waals surface area (Å²) in [5.74, 6) is 2.88. The van der Waals surface area contributed by atoms with E-state index in [0.29, 0.717) is 28.1 Å². The molecule has 5 aliphatic carbocycles. The second-order valence-corrected chi connectivity index (χ2v) is 11.1. The minimum atomic E-state index is -0.548. The molecule has 6 unspecified atom stereocenters.